The topological polar surface area (TPSA) is 74.0 Å². The van der Waals surface area contributed by atoms with Crippen molar-refractivity contribution >= 4 is 11.8 Å². The first-order valence-corrected chi connectivity index (χ1v) is 7.36. The fraction of sp³-hybridized carbons (Fsp3) is 0.562. The number of hydrogen-bond donors (Lipinski definition) is 1. The Morgan fingerprint density at radius 2 is 2.09 bits per heavy atom. The van der Waals surface area contributed by atoms with E-state index in [2.05, 4.69) is 0 Å². The van der Waals surface area contributed by atoms with Gasteiger partial charge in [-0.15, -0.1) is 0 Å². The zero-order chi connectivity index (χ0) is 16.3. The van der Waals surface area contributed by atoms with E-state index >= 15 is 0 Å². The summed E-state index contributed by atoms with van der Waals surface area (Å²) in [6, 6.07) is 5.30. The average molecular weight is 308 g/mol. The molecule has 6 nitrogen and oxygen atoms in total. The lowest BCUT2D eigenvalue weighted by Crippen LogP contribution is -2.36. The summed E-state index contributed by atoms with van der Waals surface area (Å²) in [5, 5.41) is 0. The summed E-state index contributed by atoms with van der Waals surface area (Å²) in [5.74, 6) is 1.27. The van der Waals surface area contributed by atoms with E-state index in [1.807, 2.05) is 20.8 Å². The number of amides is 1. The van der Waals surface area contributed by atoms with Crippen LogP contribution in [0, 0.1) is 0 Å². The Labute approximate surface area is 131 Å². The predicted octanol–water partition coefficient (Wildman–Crippen LogP) is 2.67. The van der Waals surface area contributed by atoms with Gasteiger partial charge in [-0.25, -0.2) is 4.79 Å². The number of hydrogen-bond acceptors (Lipinski definition) is 5. The van der Waals surface area contributed by atoms with E-state index in [0.29, 0.717) is 30.3 Å². The SMILES string of the molecule is COc1cc(OC2CCN(C(=O)OC(C)(C)C)C2)ccc1N. The van der Waals surface area contributed by atoms with E-state index in [0.717, 1.165) is 6.42 Å². The van der Waals surface area contributed by atoms with Gasteiger partial charge in [0.05, 0.1) is 19.3 Å². The number of benzene rings is 1. The maximum absolute atomic E-state index is 12.0. The first-order valence-electron chi connectivity index (χ1n) is 7.36. The standard InChI is InChI=1S/C16H24N2O4/c1-16(2,3)22-15(19)18-8-7-12(10-18)21-11-5-6-13(17)14(9-11)20-4/h5-6,9,12H,7-8,10,17H2,1-4H3. The summed E-state index contributed by atoms with van der Waals surface area (Å²) in [6.45, 7) is 6.72. The molecule has 2 N–H and O–H groups in total. The highest BCUT2D eigenvalue weighted by molar-refractivity contribution is 5.68. The summed E-state index contributed by atoms with van der Waals surface area (Å²) in [4.78, 5) is 13.7. The van der Waals surface area contributed by atoms with Gasteiger partial charge in [-0.3, -0.25) is 0 Å². The zero-order valence-electron chi connectivity index (χ0n) is 13.6. The van der Waals surface area contributed by atoms with E-state index in [1.54, 1.807) is 30.2 Å². The monoisotopic (exact) mass is 308 g/mol. The Hall–Kier alpha value is -2.11. The molecule has 1 saturated heterocycles. The second-order valence-electron chi connectivity index (χ2n) is 6.36. The highest BCUT2D eigenvalue weighted by Crippen LogP contribution is 2.28. The van der Waals surface area contributed by atoms with Crippen molar-refractivity contribution in [1.82, 2.24) is 4.90 Å². The molecule has 0 aromatic heterocycles. The third-order valence-electron chi connectivity index (χ3n) is 3.30. The smallest absolute Gasteiger partial charge is 0.410 e. The average Bonchev–Trinajstić information content (AvgIpc) is 2.87. The van der Waals surface area contributed by atoms with Crippen molar-refractivity contribution in [2.75, 3.05) is 25.9 Å². The van der Waals surface area contributed by atoms with Gasteiger partial charge in [-0.2, -0.15) is 0 Å². The largest absolute Gasteiger partial charge is 0.494 e. The molecule has 6 heteroatoms. The normalized spacial score (nSPS) is 18.2. The van der Waals surface area contributed by atoms with Crippen LogP contribution in [-0.4, -0.2) is 42.9 Å². The summed E-state index contributed by atoms with van der Waals surface area (Å²) in [5.41, 5.74) is 5.86. The molecular formula is C16H24N2O4. The number of nitrogens with two attached hydrogens (primary N) is 1. The fourth-order valence-corrected chi connectivity index (χ4v) is 2.27. The van der Waals surface area contributed by atoms with Crippen LogP contribution in [0.3, 0.4) is 0 Å². The van der Waals surface area contributed by atoms with Crippen LogP contribution in [0.1, 0.15) is 27.2 Å². The van der Waals surface area contributed by atoms with Gasteiger partial charge >= 0.3 is 6.09 Å². The molecule has 0 spiro atoms. The van der Waals surface area contributed by atoms with E-state index < -0.39 is 5.60 Å². The predicted molar refractivity (Wildman–Crippen MR) is 84.2 cm³/mol. The molecule has 1 atom stereocenters. The molecule has 1 unspecified atom stereocenters. The highest BCUT2D eigenvalue weighted by atomic mass is 16.6. The van der Waals surface area contributed by atoms with Crippen molar-refractivity contribution in [1.29, 1.82) is 0 Å². The van der Waals surface area contributed by atoms with Gasteiger partial charge in [0, 0.05) is 19.0 Å². The Bertz CT molecular complexity index is 539. The molecule has 1 aliphatic heterocycles. The van der Waals surface area contributed by atoms with Crippen molar-refractivity contribution in [3.8, 4) is 11.5 Å². The Kier molecular flexibility index (Phi) is 4.68. The second-order valence-corrected chi connectivity index (χ2v) is 6.36. The molecule has 122 valence electrons. The number of nitrogen functional groups attached to an aromatic ring is 1. The van der Waals surface area contributed by atoms with Gasteiger partial charge in [0.1, 0.15) is 23.2 Å². The van der Waals surface area contributed by atoms with E-state index in [-0.39, 0.29) is 12.2 Å². The van der Waals surface area contributed by atoms with Gasteiger partial charge in [-0.1, -0.05) is 0 Å². The Morgan fingerprint density at radius 3 is 2.73 bits per heavy atom. The lowest BCUT2D eigenvalue weighted by molar-refractivity contribution is 0.0275. The molecule has 0 radical (unpaired) electrons. The molecule has 1 aliphatic rings. The van der Waals surface area contributed by atoms with Gasteiger partial charge in [0.15, 0.2) is 0 Å². The van der Waals surface area contributed by atoms with Crippen molar-refractivity contribution in [2.24, 2.45) is 0 Å². The Morgan fingerprint density at radius 1 is 1.36 bits per heavy atom. The molecule has 1 aromatic carbocycles. The zero-order valence-corrected chi connectivity index (χ0v) is 13.6. The number of ether oxygens (including phenoxy) is 3. The molecule has 1 amide bonds. The van der Waals surface area contributed by atoms with Crippen molar-refractivity contribution < 1.29 is 19.0 Å². The first kappa shape index (κ1) is 16.3. The number of methoxy groups -OCH3 is 1. The summed E-state index contributed by atoms with van der Waals surface area (Å²) in [6.07, 6.45) is 0.417. The van der Waals surface area contributed by atoms with Crippen molar-refractivity contribution in [3.63, 3.8) is 0 Å². The minimum Gasteiger partial charge on any atom is -0.494 e. The van der Waals surface area contributed by atoms with E-state index in [9.17, 15) is 4.79 Å². The molecule has 2 rings (SSSR count). The third-order valence-corrected chi connectivity index (χ3v) is 3.30. The van der Waals surface area contributed by atoms with Gasteiger partial charge in [0.2, 0.25) is 0 Å². The highest BCUT2D eigenvalue weighted by Gasteiger charge is 2.30. The quantitative estimate of drug-likeness (QED) is 0.869. The summed E-state index contributed by atoms with van der Waals surface area (Å²) < 4.78 is 16.4. The van der Waals surface area contributed by atoms with Crippen molar-refractivity contribution in [2.45, 2.75) is 38.9 Å². The fourth-order valence-electron chi connectivity index (χ4n) is 2.27. The van der Waals surface area contributed by atoms with Gasteiger partial charge in [0.25, 0.3) is 0 Å². The number of carbonyl (C=O) groups is 1. The lowest BCUT2D eigenvalue weighted by atomic mass is 10.2. The number of nitrogens with zero attached hydrogens (tertiary/aromatic N) is 1. The van der Waals surface area contributed by atoms with Crippen LogP contribution in [-0.2, 0) is 4.74 Å². The molecule has 0 saturated carbocycles. The molecule has 0 aliphatic carbocycles. The van der Waals surface area contributed by atoms with Crippen LogP contribution in [0.4, 0.5) is 10.5 Å². The lowest BCUT2D eigenvalue weighted by Gasteiger charge is -2.24. The molecule has 0 bridgehead atoms. The van der Waals surface area contributed by atoms with Crippen LogP contribution in [0.2, 0.25) is 0 Å². The molecule has 22 heavy (non-hydrogen) atoms. The van der Waals surface area contributed by atoms with Gasteiger partial charge in [-0.05, 0) is 32.9 Å². The second kappa shape index (κ2) is 6.34. The number of likely N-dealkylation sites (tertiary alicyclic amines) is 1. The van der Waals surface area contributed by atoms with Crippen molar-refractivity contribution in [3.05, 3.63) is 18.2 Å². The van der Waals surface area contributed by atoms with Crippen LogP contribution in [0.15, 0.2) is 18.2 Å². The van der Waals surface area contributed by atoms with Gasteiger partial charge < -0.3 is 24.8 Å². The number of rotatable bonds is 3. The minimum atomic E-state index is -0.486. The Balaban J connectivity index is 1.92. The molecule has 1 fully saturated rings. The van der Waals surface area contributed by atoms with Crippen LogP contribution in [0.25, 0.3) is 0 Å². The minimum absolute atomic E-state index is 0.0548. The summed E-state index contributed by atoms with van der Waals surface area (Å²) >= 11 is 0. The van der Waals surface area contributed by atoms with E-state index in [4.69, 9.17) is 19.9 Å². The van der Waals surface area contributed by atoms with Crippen LogP contribution in [0.5, 0.6) is 11.5 Å². The number of anilines is 1. The van der Waals surface area contributed by atoms with E-state index in [1.165, 1.54) is 0 Å². The summed E-state index contributed by atoms with van der Waals surface area (Å²) in [7, 11) is 1.56. The molecule has 1 aromatic rings. The maximum atomic E-state index is 12.0. The van der Waals surface area contributed by atoms with Crippen LogP contribution >= 0.6 is 0 Å². The van der Waals surface area contributed by atoms with Crippen LogP contribution < -0.4 is 15.2 Å². The third kappa shape index (κ3) is 4.19. The maximum Gasteiger partial charge on any atom is 0.410 e. The first-order chi connectivity index (χ1) is 10.3. The molecule has 1 heterocycles. The molecular weight excluding hydrogens is 284 g/mol. The number of carbonyl (C=O) groups excluding carboxylic acids is 1.